The molecule has 0 aromatic carbocycles. The molecule has 0 amide bonds. The second-order valence-electron chi connectivity index (χ2n) is 4.21. The molecule has 0 saturated carbocycles. The SMILES string of the molecule is Cc1nn(CCCCCCO)c(C)c1CN. The summed E-state index contributed by atoms with van der Waals surface area (Å²) in [6, 6.07) is 0. The molecule has 92 valence electrons. The van der Waals surface area contributed by atoms with Crippen molar-refractivity contribution in [2.24, 2.45) is 5.73 Å². The second kappa shape index (κ2) is 6.66. The number of nitrogens with zero attached hydrogens (tertiary/aromatic N) is 2. The average Bonchev–Trinajstić information content (AvgIpc) is 2.53. The van der Waals surface area contributed by atoms with Crippen LogP contribution in [0.2, 0.25) is 0 Å². The van der Waals surface area contributed by atoms with Crippen LogP contribution in [-0.2, 0) is 13.1 Å². The molecule has 1 heterocycles. The average molecular weight is 225 g/mol. The molecule has 1 rings (SSSR count). The van der Waals surface area contributed by atoms with Crippen LogP contribution in [0.3, 0.4) is 0 Å². The van der Waals surface area contributed by atoms with Crippen LogP contribution in [-0.4, -0.2) is 21.5 Å². The van der Waals surface area contributed by atoms with E-state index in [9.17, 15) is 0 Å². The second-order valence-corrected chi connectivity index (χ2v) is 4.21. The van der Waals surface area contributed by atoms with Crippen LogP contribution in [0.5, 0.6) is 0 Å². The maximum atomic E-state index is 8.67. The first-order valence-electron chi connectivity index (χ1n) is 6.04. The molecule has 0 aliphatic carbocycles. The van der Waals surface area contributed by atoms with Crippen LogP contribution in [0.4, 0.5) is 0 Å². The summed E-state index contributed by atoms with van der Waals surface area (Å²) in [7, 11) is 0. The Kier molecular flexibility index (Phi) is 5.49. The molecular formula is C12H23N3O. The van der Waals surface area contributed by atoms with Crippen molar-refractivity contribution in [2.45, 2.75) is 52.6 Å². The van der Waals surface area contributed by atoms with E-state index < -0.39 is 0 Å². The van der Waals surface area contributed by atoms with Gasteiger partial charge in [0.15, 0.2) is 0 Å². The van der Waals surface area contributed by atoms with Gasteiger partial charge in [-0.2, -0.15) is 5.10 Å². The third-order valence-corrected chi connectivity index (χ3v) is 3.01. The van der Waals surface area contributed by atoms with Crippen molar-refractivity contribution in [3.8, 4) is 0 Å². The largest absolute Gasteiger partial charge is 0.396 e. The lowest BCUT2D eigenvalue weighted by molar-refractivity contribution is 0.282. The van der Waals surface area contributed by atoms with Gasteiger partial charge in [0, 0.05) is 31.0 Å². The van der Waals surface area contributed by atoms with Crippen molar-refractivity contribution in [2.75, 3.05) is 6.61 Å². The van der Waals surface area contributed by atoms with E-state index in [1.807, 2.05) is 6.92 Å². The van der Waals surface area contributed by atoms with Crippen LogP contribution in [0, 0.1) is 13.8 Å². The Morgan fingerprint density at radius 3 is 2.44 bits per heavy atom. The van der Waals surface area contributed by atoms with Gasteiger partial charge in [0.25, 0.3) is 0 Å². The number of rotatable bonds is 7. The minimum atomic E-state index is 0.303. The molecule has 0 radical (unpaired) electrons. The molecular weight excluding hydrogens is 202 g/mol. The van der Waals surface area contributed by atoms with Gasteiger partial charge in [-0.05, 0) is 26.7 Å². The van der Waals surface area contributed by atoms with Crippen molar-refractivity contribution < 1.29 is 5.11 Å². The maximum Gasteiger partial charge on any atom is 0.0641 e. The highest BCUT2D eigenvalue weighted by Gasteiger charge is 2.08. The summed E-state index contributed by atoms with van der Waals surface area (Å²) in [5.41, 5.74) is 9.10. The predicted octanol–water partition coefficient (Wildman–Crippen LogP) is 1.51. The Balaban J connectivity index is 2.42. The Labute approximate surface area is 97.5 Å². The van der Waals surface area contributed by atoms with Gasteiger partial charge in [-0.3, -0.25) is 4.68 Å². The van der Waals surface area contributed by atoms with Crippen LogP contribution in [0.15, 0.2) is 0 Å². The summed E-state index contributed by atoms with van der Waals surface area (Å²) >= 11 is 0. The van der Waals surface area contributed by atoms with E-state index in [4.69, 9.17) is 10.8 Å². The van der Waals surface area contributed by atoms with E-state index in [0.29, 0.717) is 13.2 Å². The lowest BCUT2D eigenvalue weighted by Crippen LogP contribution is -2.04. The normalized spacial score (nSPS) is 11.0. The molecule has 0 spiro atoms. The zero-order chi connectivity index (χ0) is 12.0. The number of aryl methyl sites for hydroxylation is 2. The molecule has 4 nitrogen and oxygen atoms in total. The number of hydrogen-bond donors (Lipinski definition) is 2. The van der Waals surface area contributed by atoms with E-state index in [0.717, 1.165) is 37.9 Å². The molecule has 0 bridgehead atoms. The van der Waals surface area contributed by atoms with Crippen LogP contribution >= 0.6 is 0 Å². The Hall–Kier alpha value is -0.870. The van der Waals surface area contributed by atoms with Gasteiger partial charge in [0.2, 0.25) is 0 Å². The number of aromatic nitrogens is 2. The standard InChI is InChI=1S/C12H23N3O/c1-10-12(9-13)11(2)15(14-10)7-5-3-4-6-8-16/h16H,3-9,13H2,1-2H3. The van der Waals surface area contributed by atoms with Gasteiger partial charge in [-0.15, -0.1) is 0 Å². The molecule has 1 aromatic rings. The van der Waals surface area contributed by atoms with E-state index >= 15 is 0 Å². The number of unbranched alkanes of at least 4 members (excludes halogenated alkanes) is 3. The molecule has 0 unspecified atom stereocenters. The number of hydrogen-bond acceptors (Lipinski definition) is 3. The fraction of sp³-hybridized carbons (Fsp3) is 0.750. The van der Waals surface area contributed by atoms with E-state index in [1.54, 1.807) is 0 Å². The zero-order valence-electron chi connectivity index (χ0n) is 10.4. The highest BCUT2D eigenvalue weighted by Crippen LogP contribution is 2.13. The Morgan fingerprint density at radius 2 is 1.88 bits per heavy atom. The monoisotopic (exact) mass is 225 g/mol. The highest BCUT2D eigenvalue weighted by molar-refractivity contribution is 5.23. The van der Waals surface area contributed by atoms with Gasteiger partial charge in [-0.1, -0.05) is 12.8 Å². The molecule has 0 atom stereocenters. The van der Waals surface area contributed by atoms with Crippen molar-refractivity contribution in [1.29, 1.82) is 0 Å². The molecule has 3 N–H and O–H groups in total. The smallest absolute Gasteiger partial charge is 0.0641 e. The van der Waals surface area contributed by atoms with Gasteiger partial charge < -0.3 is 10.8 Å². The summed E-state index contributed by atoms with van der Waals surface area (Å²) in [5.74, 6) is 0. The Bertz CT molecular complexity index is 320. The first-order chi connectivity index (χ1) is 7.70. The topological polar surface area (TPSA) is 64.1 Å². The van der Waals surface area contributed by atoms with Crippen molar-refractivity contribution in [3.05, 3.63) is 17.0 Å². The van der Waals surface area contributed by atoms with Crippen molar-refractivity contribution in [3.63, 3.8) is 0 Å². The van der Waals surface area contributed by atoms with Crippen LogP contribution in [0.1, 0.15) is 42.6 Å². The van der Waals surface area contributed by atoms with Gasteiger partial charge in [0.05, 0.1) is 5.69 Å². The molecule has 1 aromatic heterocycles. The lowest BCUT2D eigenvalue weighted by atomic mass is 10.2. The minimum Gasteiger partial charge on any atom is -0.396 e. The predicted molar refractivity (Wildman–Crippen MR) is 65.1 cm³/mol. The van der Waals surface area contributed by atoms with E-state index in [2.05, 4.69) is 16.7 Å². The zero-order valence-corrected chi connectivity index (χ0v) is 10.4. The molecule has 0 aliphatic heterocycles. The molecule has 0 fully saturated rings. The van der Waals surface area contributed by atoms with Crippen LogP contribution < -0.4 is 5.73 Å². The fourth-order valence-electron chi connectivity index (χ4n) is 1.97. The lowest BCUT2D eigenvalue weighted by Gasteiger charge is -2.04. The van der Waals surface area contributed by atoms with E-state index in [-0.39, 0.29) is 0 Å². The summed E-state index contributed by atoms with van der Waals surface area (Å²) in [5, 5.41) is 13.2. The van der Waals surface area contributed by atoms with Gasteiger partial charge >= 0.3 is 0 Å². The number of nitrogens with two attached hydrogens (primary N) is 1. The van der Waals surface area contributed by atoms with Crippen LogP contribution in [0.25, 0.3) is 0 Å². The van der Waals surface area contributed by atoms with Crippen molar-refractivity contribution >= 4 is 0 Å². The first kappa shape index (κ1) is 13.2. The first-order valence-corrected chi connectivity index (χ1v) is 6.04. The molecule has 0 saturated heterocycles. The maximum absolute atomic E-state index is 8.67. The minimum absolute atomic E-state index is 0.303. The molecule has 16 heavy (non-hydrogen) atoms. The van der Waals surface area contributed by atoms with Crippen molar-refractivity contribution in [1.82, 2.24) is 9.78 Å². The quantitative estimate of drug-likeness (QED) is 0.691. The number of aliphatic hydroxyl groups is 1. The Morgan fingerprint density at radius 1 is 1.19 bits per heavy atom. The summed E-state index contributed by atoms with van der Waals surface area (Å²) in [6.07, 6.45) is 4.27. The fourth-order valence-corrected chi connectivity index (χ4v) is 1.97. The number of aliphatic hydroxyl groups excluding tert-OH is 1. The van der Waals surface area contributed by atoms with E-state index in [1.165, 1.54) is 11.3 Å². The third-order valence-electron chi connectivity index (χ3n) is 3.01. The van der Waals surface area contributed by atoms with Gasteiger partial charge in [-0.25, -0.2) is 0 Å². The molecule has 4 heteroatoms. The summed E-state index contributed by atoms with van der Waals surface area (Å²) in [4.78, 5) is 0. The summed E-state index contributed by atoms with van der Waals surface area (Å²) < 4.78 is 2.05. The third kappa shape index (κ3) is 3.32. The van der Waals surface area contributed by atoms with Gasteiger partial charge in [0.1, 0.15) is 0 Å². The molecule has 0 aliphatic rings. The highest BCUT2D eigenvalue weighted by atomic mass is 16.2. The summed E-state index contributed by atoms with van der Waals surface area (Å²) in [6.45, 7) is 5.92.